The minimum atomic E-state index is -0.0291. The summed E-state index contributed by atoms with van der Waals surface area (Å²) in [6.45, 7) is 7.59. The zero-order valence-electron chi connectivity index (χ0n) is 15.4. The molecule has 1 N–H and O–H groups in total. The van der Waals surface area contributed by atoms with Crippen molar-refractivity contribution in [2.45, 2.75) is 19.9 Å². The molecule has 1 saturated heterocycles. The maximum absolute atomic E-state index is 12.7. The predicted molar refractivity (Wildman–Crippen MR) is 115 cm³/mol. The number of thiophene rings is 3. The van der Waals surface area contributed by atoms with Crippen LogP contribution in [0.3, 0.4) is 0 Å². The van der Waals surface area contributed by atoms with E-state index in [2.05, 4.69) is 40.9 Å². The monoisotopic (exact) mass is 418 g/mol. The first kappa shape index (κ1) is 18.8. The molecule has 0 bridgehead atoms. The number of morpholine rings is 1. The van der Waals surface area contributed by atoms with Gasteiger partial charge < -0.3 is 10.1 Å². The predicted octanol–water partition coefficient (Wildman–Crippen LogP) is 5.16. The first-order valence-corrected chi connectivity index (χ1v) is 11.6. The third kappa shape index (κ3) is 3.88. The van der Waals surface area contributed by atoms with Crippen molar-refractivity contribution >= 4 is 44.9 Å². The number of carbonyl (C=O) groups is 1. The van der Waals surface area contributed by atoms with Crippen molar-refractivity contribution in [3.63, 3.8) is 0 Å². The molecule has 1 unspecified atom stereocenters. The van der Waals surface area contributed by atoms with Crippen LogP contribution in [-0.4, -0.2) is 37.1 Å². The van der Waals surface area contributed by atoms with Gasteiger partial charge in [-0.05, 0) is 53.2 Å². The van der Waals surface area contributed by atoms with Crippen molar-refractivity contribution < 1.29 is 9.53 Å². The number of aryl methyl sites for hydroxylation is 1. The minimum Gasteiger partial charge on any atom is -0.379 e. The Kier molecular flexibility index (Phi) is 5.75. The van der Waals surface area contributed by atoms with Crippen LogP contribution in [0.2, 0.25) is 0 Å². The number of nitrogens with one attached hydrogen (secondary N) is 1. The Balaban J connectivity index is 1.74. The summed E-state index contributed by atoms with van der Waals surface area (Å²) in [7, 11) is 0. The Labute approximate surface area is 171 Å². The van der Waals surface area contributed by atoms with Gasteiger partial charge in [-0.3, -0.25) is 9.69 Å². The van der Waals surface area contributed by atoms with Gasteiger partial charge >= 0.3 is 0 Å². The number of hydrogen-bond donors (Lipinski definition) is 1. The van der Waals surface area contributed by atoms with E-state index in [4.69, 9.17) is 4.74 Å². The Morgan fingerprint density at radius 2 is 2.04 bits per heavy atom. The average Bonchev–Trinajstić information content (AvgIpc) is 3.42. The third-order valence-electron chi connectivity index (χ3n) is 4.95. The summed E-state index contributed by atoms with van der Waals surface area (Å²) in [5.74, 6) is -0.0291. The number of carbonyl (C=O) groups excluding carboxylic acids is 1. The van der Waals surface area contributed by atoms with E-state index in [0.717, 1.165) is 36.2 Å². The minimum absolute atomic E-state index is 0.0291. The van der Waals surface area contributed by atoms with Gasteiger partial charge in [-0.1, -0.05) is 6.07 Å². The van der Waals surface area contributed by atoms with E-state index < -0.39 is 0 Å². The molecule has 142 valence electrons. The van der Waals surface area contributed by atoms with Gasteiger partial charge in [0.05, 0.1) is 24.1 Å². The molecule has 1 amide bonds. The van der Waals surface area contributed by atoms with Gasteiger partial charge in [0.1, 0.15) is 5.00 Å². The van der Waals surface area contributed by atoms with E-state index in [-0.39, 0.29) is 11.9 Å². The molecule has 0 aromatic carbocycles. The first-order chi connectivity index (χ1) is 13.1. The summed E-state index contributed by atoms with van der Waals surface area (Å²) in [6.07, 6.45) is 0. The molecule has 4 heterocycles. The highest BCUT2D eigenvalue weighted by Gasteiger charge is 2.30. The van der Waals surface area contributed by atoms with Crippen molar-refractivity contribution in [3.8, 4) is 0 Å². The SMILES string of the molecule is Cc1sc(NC(=O)c2cccs2)c(C(c2ccsc2)N2CCOCC2)c1C. The molecule has 3 aromatic heterocycles. The van der Waals surface area contributed by atoms with Gasteiger partial charge in [0.15, 0.2) is 0 Å². The third-order valence-corrected chi connectivity index (χ3v) is 7.66. The van der Waals surface area contributed by atoms with Crippen LogP contribution in [0, 0.1) is 13.8 Å². The van der Waals surface area contributed by atoms with E-state index >= 15 is 0 Å². The standard InChI is InChI=1S/C20H22N2O2S3/c1-13-14(2)27-20(21-19(23)16-4-3-10-26-16)17(13)18(15-5-11-25-12-15)22-6-8-24-9-7-22/h3-5,10-12,18H,6-9H2,1-2H3,(H,21,23). The van der Waals surface area contributed by atoms with Crippen LogP contribution in [0.4, 0.5) is 5.00 Å². The molecular weight excluding hydrogens is 396 g/mol. The van der Waals surface area contributed by atoms with E-state index in [1.54, 1.807) is 22.7 Å². The zero-order chi connectivity index (χ0) is 18.8. The fraction of sp³-hybridized carbons (Fsp3) is 0.350. The van der Waals surface area contributed by atoms with Crippen LogP contribution < -0.4 is 5.32 Å². The van der Waals surface area contributed by atoms with Crippen LogP contribution in [0.25, 0.3) is 0 Å². The second kappa shape index (κ2) is 8.24. The number of hydrogen-bond acceptors (Lipinski definition) is 6. The lowest BCUT2D eigenvalue weighted by Gasteiger charge is -2.35. The van der Waals surface area contributed by atoms with Crippen molar-refractivity contribution in [2.24, 2.45) is 0 Å². The normalized spacial score (nSPS) is 16.4. The quantitative estimate of drug-likeness (QED) is 0.622. The molecule has 4 rings (SSSR count). The van der Waals surface area contributed by atoms with Gasteiger partial charge in [-0.2, -0.15) is 11.3 Å². The van der Waals surface area contributed by atoms with Gasteiger partial charge in [0.25, 0.3) is 5.91 Å². The van der Waals surface area contributed by atoms with Crippen molar-refractivity contribution in [2.75, 3.05) is 31.6 Å². The van der Waals surface area contributed by atoms with Crippen molar-refractivity contribution in [1.82, 2.24) is 4.90 Å². The molecule has 27 heavy (non-hydrogen) atoms. The topological polar surface area (TPSA) is 41.6 Å². The van der Waals surface area contributed by atoms with E-state index in [0.29, 0.717) is 0 Å². The van der Waals surface area contributed by atoms with Gasteiger partial charge in [0, 0.05) is 23.5 Å². The number of nitrogens with zero attached hydrogens (tertiary/aromatic N) is 1. The molecule has 1 atom stereocenters. The Morgan fingerprint density at radius 3 is 2.70 bits per heavy atom. The molecule has 1 aliphatic rings. The van der Waals surface area contributed by atoms with Crippen molar-refractivity contribution in [1.29, 1.82) is 0 Å². The molecule has 3 aromatic rings. The maximum Gasteiger partial charge on any atom is 0.266 e. The molecule has 0 saturated carbocycles. The fourth-order valence-corrected chi connectivity index (χ4v) is 5.85. The van der Waals surface area contributed by atoms with E-state index in [1.165, 1.54) is 32.9 Å². The van der Waals surface area contributed by atoms with Crippen LogP contribution in [-0.2, 0) is 4.74 Å². The maximum atomic E-state index is 12.7. The van der Waals surface area contributed by atoms with Gasteiger partial charge in [-0.15, -0.1) is 22.7 Å². The number of rotatable bonds is 5. The lowest BCUT2D eigenvalue weighted by molar-refractivity contribution is 0.0241. The number of anilines is 1. The van der Waals surface area contributed by atoms with Gasteiger partial charge in [-0.25, -0.2) is 0 Å². The molecule has 1 aliphatic heterocycles. The second-order valence-corrected chi connectivity index (χ2v) is 9.52. The Bertz CT molecular complexity index is 894. The number of ether oxygens (including phenoxy) is 1. The van der Waals surface area contributed by atoms with E-state index in [9.17, 15) is 4.79 Å². The Hall–Kier alpha value is -1.51. The van der Waals surface area contributed by atoms with Crippen molar-refractivity contribution in [3.05, 3.63) is 60.8 Å². The first-order valence-electron chi connectivity index (χ1n) is 8.93. The zero-order valence-corrected chi connectivity index (χ0v) is 17.8. The highest BCUT2D eigenvalue weighted by Crippen LogP contribution is 2.43. The molecule has 4 nitrogen and oxygen atoms in total. The van der Waals surface area contributed by atoms with Crippen LogP contribution in [0.5, 0.6) is 0 Å². The summed E-state index contributed by atoms with van der Waals surface area (Å²) in [6, 6.07) is 6.12. The molecule has 1 fully saturated rings. The summed E-state index contributed by atoms with van der Waals surface area (Å²) in [5, 5.41) is 10.4. The fourth-order valence-electron chi connectivity index (χ4n) is 3.47. The number of amides is 1. The summed E-state index contributed by atoms with van der Waals surface area (Å²) in [5.41, 5.74) is 3.78. The van der Waals surface area contributed by atoms with Crippen LogP contribution in [0.1, 0.15) is 37.3 Å². The lowest BCUT2D eigenvalue weighted by atomic mass is 9.96. The summed E-state index contributed by atoms with van der Waals surface area (Å²) < 4.78 is 5.58. The highest BCUT2D eigenvalue weighted by atomic mass is 32.1. The molecule has 7 heteroatoms. The molecular formula is C20H22N2O2S3. The summed E-state index contributed by atoms with van der Waals surface area (Å²) in [4.78, 5) is 17.2. The summed E-state index contributed by atoms with van der Waals surface area (Å²) >= 11 is 4.86. The second-order valence-electron chi connectivity index (χ2n) is 6.57. The molecule has 0 radical (unpaired) electrons. The smallest absolute Gasteiger partial charge is 0.266 e. The highest BCUT2D eigenvalue weighted by molar-refractivity contribution is 7.17. The van der Waals surface area contributed by atoms with E-state index in [1.807, 2.05) is 17.5 Å². The molecule has 0 spiro atoms. The van der Waals surface area contributed by atoms with Crippen LogP contribution >= 0.6 is 34.0 Å². The Morgan fingerprint density at radius 1 is 1.22 bits per heavy atom. The largest absolute Gasteiger partial charge is 0.379 e. The van der Waals surface area contributed by atoms with Crippen LogP contribution in [0.15, 0.2) is 34.3 Å². The lowest BCUT2D eigenvalue weighted by Crippen LogP contribution is -2.39. The average molecular weight is 419 g/mol. The molecule has 0 aliphatic carbocycles. The van der Waals surface area contributed by atoms with Gasteiger partial charge in [0.2, 0.25) is 0 Å².